The van der Waals surface area contributed by atoms with Gasteiger partial charge in [-0.05, 0) is 6.42 Å². The van der Waals surface area contributed by atoms with E-state index in [-0.39, 0.29) is 6.61 Å². The van der Waals surface area contributed by atoms with Gasteiger partial charge in [-0.15, -0.1) is 6.42 Å². The fraction of sp³-hybridized carbons (Fsp3) is 0.818. The van der Waals surface area contributed by atoms with Crippen LogP contribution in [0.5, 0.6) is 0 Å². The molecule has 1 unspecified atom stereocenters. The third kappa shape index (κ3) is 11.6. The molecular weight excluding hydrogens is 212 g/mol. The molecule has 0 saturated heterocycles. The lowest BCUT2D eigenvalue weighted by molar-refractivity contribution is 0.263. The summed E-state index contributed by atoms with van der Waals surface area (Å²) in [5, 5.41) is 0. The second-order valence-electron chi connectivity index (χ2n) is 3.26. The summed E-state index contributed by atoms with van der Waals surface area (Å²) in [7, 11) is 0. The van der Waals surface area contributed by atoms with Crippen molar-refractivity contribution in [1.29, 1.82) is 0 Å². The number of terminal acetylenes is 1. The molecule has 15 heavy (non-hydrogen) atoms. The molecule has 1 atom stereocenters. The molecule has 0 N–H and O–H groups in total. The van der Waals surface area contributed by atoms with Gasteiger partial charge in [0.1, 0.15) is 6.61 Å². The Morgan fingerprint density at radius 1 is 1.13 bits per heavy atom. The first-order valence-corrected chi connectivity index (χ1v) is 6.43. The van der Waals surface area contributed by atoms with Crippen LogP contribution in [0.15, 0.2) is 0 Å². The van der Waals surface area contributed by atoms with Gasteiger partial charge in [0.2, 0.25) is 0 Å². The lowest BCUT2D eigenvalue weighted by Crippen LogP contribution is -2.03. The molecule has 0 radical (unpaired) electrons. The molecule has 0 rings (SSSR count). The first-order valence-electron chi connectivity index (χ1n) is 5.43. The zero-order chi connectivity index (χ0) is 11.4. The standard InChI is InChI=1S/C11H20O3S/c1-3-5-6-7-8-9-11-14-15(12)13-10-4-2/h2H,3,5-11H2,1H3. The number of rotatable bonds is 10. The van der Waals surface area contributed by atoms with Crippen molar-refractivity contribution in [3.63, 3.8) is 0 Å². The molecule has 0 aromatic heterocycles. The van der Waals surface area contributed by atoms with Crippen molar-refractivity contribution in [2.75, 3.05) is 13.2 Å². The monoisotopic (exact) mass is 232 g/mol. The van der Waals surface area contributed by atoms with Crippen LogP contribution < -0.4 is 0 Å². The van der Waals surface area contributed by atoms with Crippen molar-refractivity contribution in [3.05, 3.63) is 0 Å². The number of hydrogen-bond acceptors (Lipinski definition) is 3. The van der Waals surface area contributed by atoms with E-state index in [2.05, 4.69) is 17.0 Å². The minimum atomic E-state index is -1.67. The van der Waals surface area contributed by atoms with E-state index in [0.717, 1.165) is 12.8 Å². The van der Waals surface area contributed by atoms with Crippen LogP contribution in [0.3, 0.4) is 0 Å². The average Bonchev–Trinajstić information content (AvgIpc) is 2.25. The van der Waals surface area contributed by atoms with E-state index in [1.165, 1.54) is 25.7 Å². The Bertz CT molecular complexity index is 198. The van der Waals surface area contributed by atoms with Crippen molar-refractivity contribution < 1.29 is 12.6 Å². The van der Waals surface area contributed by atoms with E-state index >= 15 is 0 Å². The Labute approximate surface area is 95.4 Å². The van der Waals surface area contributed by atoms with Crippen LogP contribution in [-0.4, -0.2) is 17.4 Å². The first-order chi connectivity index (χ1) is 7.31. The van der Waals surface area contributed by atoms with Gasteiger partial charge < -0.3 is 0 Å². The van der Waals surface area contributed by atoms with Crippen LogP contribution in [0, 0.1) is 12.3 Å². The van der Waals surface area contributed by atoms with Crippen molar-refractivity contribution >= 4 is 11.4 Å². The van der Waals surface area contributed by atoms with E-state index in [1.54, 1.807) is 0 Å². The minimum absolute atomic E-state index is 0.0309. The Hall–Kier alpha value is -0.370. The summed E-state index contributed by atoms with van der Waals surface area (Å²) < 4.78 is 20.5. The fourth-order valence-corrected chi connectivity index (χ4v) is 1.61. The molecule has 0 heterocycles. The minimum Gasteiger partial charge on any atom is -0.268 e. The van der Waals surface area contributed by atoms with Crippen LogP contribution in [0.1, 0.15) is 45.4 Å². The van der Waals surface area contributed by atoms with Gasteiger partial charge >= 0.3 is 11.4 Å². The highest BCUT2D eigenvalue weighted by molar-refractivity contribution is 7.75. The quantitative estimate of drug-likeness (QED) is 0.429. The maximum Gasteiger partial charge on any atom is 0.305 e. The Morgan fingerprint density at radius 3 is 2.47 bits per heavy atom. The summed E-state index contributed by atoms with van der Waals surface area (Å²) in [6.07, 6.45) is 12.0. The molecule has 88 valence electrons. The van der Waals surface area contributed by atoms with Crippen LogP contribution in [0.25, 0.3) is 0 Å². The van der Waals surface area contributed by atoms with Gasteiger partial charge in [0.15, 0.2) is 0 Å². The molecular formula is C11H20O3S. The largest absolute Gasteiger partial charge is 0.305 e. The van der Waals surface area contributed by atoms with E-state index in [9.17, 15) is 4.21 Å². The molecule has 0 aromatic carbocycles. The molecule has 4 heteroatoms. The van der Waals surface area contributed by atoms with Gasteiger partial charge in [-0.25, -0.2) is 0 Å². The maximum absolute atomic E-state index is 10.9. The molecule has 0 spiro atoms. The third-order valence-corrected chi connectivity index (χ3v) is 2.59. The zero-order valence-electron chi connectivity index (χ0n) is 9.37. The molecule has 0 aliphatic carbocycles. The number of hydrogen-bond donors (Lipinski definition) is 0. The second-order valence-corrected chi connectivity index (χ2v) is 4.14. The highest BCUT2D eigenvalue weighted by Crippen LogP contribution is 2.05. The molecule has 0 aliphatic rings. The summed E-state index contributed by atoms with van der Waals surface area (Å²) in [5.74, 6) is 2.23. The molecule has 0 aliphatic heterocycles. The van der Waals surface area contributed by atoms with E-state index < -0.39 is 11.4 Å². The van der Waals surface area contributed by atoms with Gasteiger partial charge in [0.25, 0.3) is 0 Å². The summed E-state index contributed by atoms with van der Waals surface area (Å²) >= 11 is -1.67. The van der Waals surface area contributed by atoms with Crippen molar-refractivity contribution in [2.24, 2.45) is 0 Å². The highest BCUT2D eigenvalue weighted by atomic mass is 32.2. The Balaban J connectivity index is 3.10. The van der Waals surface area contributed by atoms with Crippen LogP contribution in [0.2, 0.25) is 0 Å². The lowest BCUT2D eigenvalue weighted by atomic mass is 10.1. The van der Waals surface area contributed by atoms with Gasteiger partial charge in [-0.1, -0.05) is 44.9 Å². The van der Waals surface area contributed by atoms with Gasteiger partial charge in [0, 0.05) is 0 Å². The molecule has 3 nitrogen and oxygen atoms in total. The lowest BCUT2D eigenvalue weighted by Gasteiger charge is -2.02. The smallest absolute Gasteiger partial charge is 0.268 e. The third-order valence-electron chi connectivity index (χ3n) is 1.92. The first kappa shape index (κ1) is 14.6. The molecule has 0 fully saturated rings. The van der Waals surface area contributed by atoms with Crippen molar-refractivity contribution in [3.8, 4) is 12.3 Å². The SMILES string of the molecule is C#CCOS(=O)OCCCCCCCC. The maximum atomic E-state index is 10.9. The van der Waals surface area contributed by atoms with Crippen molar-refractivity contribution in [2.45, 2.75) is 45.4 Å². The van der Waals surface area contributed by atoms with Gasteiger partial charge in [0.05, 0.1) is 6.61 Å². The van der Waals surface area contributed by atoms with E-state index in [1.807, 2.05) is 0 Å². The normalized spacial score (nSPS) is 12.3. The van der Waals surface area contributed by atoms with E-state index in [0.29, 0.717) is 6.61 Å². The summed E-state index contributed by atoms with van der Waals surface area (Å²) in [6, 6.07) is 0. The van der Waals surface area contributed by atoms with Crippen LogP contribution in [-0.2, 0) is 19.7 Å². The number of unbranched alkanes of at least 4 members (excludes halogenated alkanes) is 5. The molecule has 0 saturated carbocycles. The fourth-order valence-electron chi connectivity index (χ4n) is 1.13. The van der Waals surface area contributed by atoms with E-state index in [4.69, 9.17) is 10.6 Å². The Kier molecular flexibility index (Phi) is 11.4. The topological polar surface area (TPSA) is 35.5 Å². The van der Waals surface area contributed by atoms with Crippen molar-refractivity contribution in [1.82, 2.24) is 0 Å². The predicted molar refractivity (Wildman–Crippen MR) is 62.3 cm³/mol. The Morgan fingerprint density at radius 2 is 1.80 bits per heavy atom. The van der Waals surface area contributed by atoms with Gasteiger partial charge in [-0.2, -0.15) is 4.21 Å². The predicted octanol–water partition coefficient (Wildman–Crippen LogP) is 2.59. The molecule has 0 bridgehead atoms. The highest BCUT2D eigenvalue weighted by Gasteiger charge is 1.98. The zero-order valence-corrected chi connectivity index (χ0v) is 10.2. The second kappa shape index (κ2) is 11.7. The van der Waals surface area contributed by atoms with Crippen LogP contribution in [0.4, 0.5) is 0 Å². The van der Waals surface area contributed by atoms with Gasteiger partial charge in [-0.3, -0.25) is 8.37 Å². The average molecular weight is 232 g/mol. The molecule has 0 amide bonds. The summed E-state index contributed by atoms with van der Waals surface area (Å²) in [6.45, 7) is 2.70. The summed E-state index contributed by atoms with van der Waals surface area (Å²) in [5.41, 5.74) is 0. The summed E-state index contributed by atoms with van der Waals surface area (Å²) in [4.78, 5) is 0. The molecule has 0 aromatic rings. The van der Waals surface area contributed by atoms with Crippen LogP contribution >= 0.6 is 0 Å².